The van der Waals surface area contributed by atoms with E-state index in [4.69, 9.17) is 4.42 Å². The van der Waals surface area contributed by atoms with Crippen molar-refractivity contribution in [1.82, 2.24) is 15.2 Å². The van der Waals surface area contributed by atoms with Gasteiger partial charge in [0.2, 0.25) is 0 Å². The molecule has 3 rings (SSSR count). The molecule has 0 bridgehead atoms. The summed E-state index contributed by atoms with van der Waals surface area (Å²) in [6, 6.07) is 10.8. The second-order valence-corrected chi connectivity index (χ2v) is 5.02. The quantitative estimate of drug-likeness (QED) is 0.420. The fourth-order valence-corrected chi connectivity index (χ4v) is 2.04. The maximum atomic E-state index is 12.0. The normalized spacial score (nSPS) is 10.9. The van der Waals surface area contributed by atoms with Crippen LogP contribution in [0.25, 0.3) is 0 Å². The zero-order valence-corrected chi connectivity index (χ0v) is 12.9. The Kier molecular flexibility index (Phi) is 4.65. The minimum atomic E-state index is -0.495. The molecule has 25 heavy (non-hydrogen) atoms. The lowest BCUT2D eigenvalue weighted by Crippen LogP contribution is -2.16. The number of amides is 1. The number of furan rings is 1. The first-order valence-electron chi connectivity index (χ1n) is 7.26. The number of hydrogen-bond acceptors (Lipinski definition) is 6. The van der Waals surface area contributed by atoms with Crippen LogP contribution >= 0.6 is 0 Å². The van der Waals surface area contributed by atoms with Gasteiger partial charge in [0.25, 0.3) is 5.69 Å². The molecular formula is C16H13N5O4. The minimum absolute atomic E-state index is 0.0125. The number of non-ortho nitro benzene ring substituents is 1. The van der Waals surface area contributed by atoms with E-state index in [1.807, 2.05) is 0 Å². The van der Waals surface area contributed by atoms with Gasteiger partial charge in [0.15, 0.2) is 5.76 Å². The fourth-order valence-electron chi connectivity index (χ4n) is 2.04. The largest absolute Gasteiger partial charge is 0.454 e. The van der Waals surface area contributed by atoms with Crippen molar-refractivity contribution in [2.45, 2.75) is 6.54 Å². The molecule has 0 spiro atoms. The SMILES string of the molecule is O=C(N/N=C\c1ccc([N+](=O)[O-])cc1)c1ccc(Cn2cccn2)o1. The maximum Gasteiger partial charge on any atom is 0.307 e. The molecule has 9 heteroatoms. The number of rotatable bonds is 6. The number of nitrogens with zero attached hydrogens (tertiary/aromatic N) is 4. The predicted octanol–water partition coefficient (Wildman–Crippen LogP) is 2.20. The molecule has 0 aliphatic heterocycles. The lowest BCUT2D eigenvalue weighted by atomic mass is 10.2. The van der Waals surface area contributed by atoms with Crippen LogP contribution < -0.4 is 5.43 Å². The molecule has 3 aromatic rings. The van der Waals surface area contributed by atoms with Crippen LogP contribution in [0, 0.1) is 10.1 Å². The van der Waals surface area contributed by atoms with Crippen molar-refractivity contribution in [2.24, 2.45) is 5.10 Å². The smallest absolute Gasteiger partial charge is 0.307 e. The van der Waals surface area contributed by atoms with Gasteiger partial charge in [-0.25, -0.2) is 5.43 Å². The van der Waals surface area contributed by atoms with E-state index in [-0.39, 0.29) is 11.4 Å². The van der Waals surface area contributed by atoms with E-state index in [0.29, 0.717) is 17.9 Å². The first-order chi connectivity index (χ1) is 12.1. The van der Waals surface area contributed by atoms with Crippen molar-refractivity contribution in [2.75, 3.05) is 0 Å². The van der Waals surface area contributed by atoms with Crippen molar-refractivity contribution in [3.05, 3.63) is 82.1 Å². The summed E-state index contributed by atoms with van der Waals surface area (Å²) in [5, 5.41) is 18.4. The number of aromatic nitrogens is 2. The Labute approximate surface area is 141 Å². The summed E-state index contributed by atoms with van der Waals surface area (Å²) in [7, 11) is 0. The molecule has 126 valence electrons. The molecule has 0 atom stereocenters. The van der Waals surface area contributed by atoms with Gasteiger partial charge in [-0.05, 0) is 35.9 Å². The third-order valence-corrected chi connectivity index (χ3v) is 3.25. The molecule has 0 aliphatic carbocycles. The standard InChI is InChI=1S/C16H13N5O4/c22-16(15-7-6-14(25-15)11-20-9-1-8-18-20)19-17-10-12-2-4-13(5-3-12)21(23)24/h1-10H,11H2,(H,19,22)/b17-10-. The molecule has 2 aromatic heterocycles. The average Bonchev–Trinajstić information content (AvgIpc) is 3.28. The zero-order valence-electron chi connectivity index (χ0n) is 12.9. The number of nitro groups is 1. The first kappa shape index (κ1) is 16.1. The van der Waals surface area contributed by atoms with Crippen molar-refractivity contribution in [1.29, 1.82) is 0 Å². The van der Waals surface area contributed by atoms with Crippen LogP contribution in [0.15, 0.2) is 64.4 Å². The Morgan fingerprint density at radius 3 is 2.80 bits per heavy atom. The lowest BCUT2D eigenvalue weighted by molar-refractivity contribution is -0.384. The van der Waals surface area contributed by atoms with Crippen LogP contribution in [0.4, 0.5) is 5.69 Å². The van der Waals surface area contributed by atoms with Gasteiger partial charge in [-0.1, -0.05) is 0 Å². The molecule has 1 N–H and O–H groups in total. The highest BCUT2D eigenvalue weighted by Crippen LogP contribution is 2.11. The summed E-state index contributed by atoms with van der Waals surface area (Å²) in [5.41, 5.74) is 2.94. The summed E-state index contributed by atoms with van der Waals surface area (Å²) < 4.78 is 7.12. The van der Waals surface area contributed by atoms with Crippen LogP contribution in [-0.4, -0.2) is 26.8 Å². The van der Waals surface area contributed by atoms with Gasteiger partial charge in [-0.3, -0.25) is 19.6 Å². The van der Waals surface area contributed by atoms with Crippen molar-refractivity contribution < 1.29 is 14.1 Å². The number of nitrogens with one attached hydrogen (secondary N) is 1. The van der Waals surface area contributed by atoms with Crippen LogP contribution in [0.3, 0.4) is 0 Å². The topological polar surface area (TPSA) is 116 Å². The highest BCUT2D eigenvalue weighted by Gasteiger charge is 2.10. The molecule has 1 aromatic carbocycles. The molecule has 0 fully saturated rings. The number of hydrogen-bond donors (Lipinski definition) is 1. The van der Waals surface area contributed by atoms with E-state index in [1.165, 1.54) is 30.5 Å². The van der Waals surface area contributed by atoms with E-state index in [0.717, 1.165) is 0 Å². The van der Waals surface area contributed by atoms with Gasteiger partial charge < -0.3 is 4.42 Å². The number of carbonyl (C=O) groups excluding carboxylic acids is 1. The van der Waals surface area contributed by atoms with E-state index < -0.39 is 10.8 Å². The molecule has 0 unspecified atom stereocenters. The van der Waals surface area contributed by atoms with Crippen molar-refractivity contribution >= 4 is 17.8 Å². The Balaban J connectivity index is 1.57. The molecular weight excluding hydrogens is 326 g/mol. The molecule has 0 aliphatic rings. The van der Waals surface area contributed by atoms with Crippen LogP contribution in [0.5, 0.6) is 0 Å². The molecule has 2 heterocycles. The molecule has 0 saturated carbocycles. The van der Waals surface area contributed by atoms with E-state index in [9.17, 15) is 14.9 Å². The van der Waals surface area contributed by atoms with Gasteiger partial charge in [0.1, 0.15) is 5.76 Å². The minimum Gasteiger partial charge on any atom is -0.454 e. The highest BCUT2D eigenvalue weighted by atomic mass is 16.6. The number of carbonyl (C=O) groups is 1. The Hall–Kier alpha value is -3.75. The Morgan fingerprint density at radius 2 is 2.12 bits per heavy atom. The van der Waals surface area contributed by atoms with Crippen LogP contribution in [-0.2, 0) is 6.54 Å². The molecule has 1 amide bonds. The van der Waals surface area contributed by atoms with Gasteiger partial charge in [-0.2, -0.15) is 10.2 Å². The summed E-state index contributed by atoms with van der Waals surface area (Å²) in [4.78, 5) is 22.1. The van der Waals surface area contributed by atoms with Gasteiger partial charge in [-0.15, -0.1) is 0 Å². The summed E-state index contributed by atoms with van der Waals surface area (Å²) in [6.45, 7) is 0.423. The Bertz CT molecular complexity index is 897. The third-order valence-electron chi connectivity index (χ3n) is 3.25. The zero-order chi connectivity index (χ0) is 17.6. The average molecular weight is 339 g/mol. The number of nitro benzene ring substituents is 1. The number of benzene rings is 1. The second-order valence-electron chi connectivity index (χ2n) is 5.02. The first-order valence-corrected chi connectivity index (χ1v) is 7.26. The Morgan fingerprint density at radius 1 is 1.32 bits per heavy atom. The van der Waals surface area contributed by atoms with Gasteiger partial charge >= 0.3 is 5.91 Å². The van der Waals surface area contributed by atoms with E-state index >= 15 is 0 Å². The molecule has 0 saturated heterocycles. The van der Waals surface area contributed by atoms with Gasteiger partial charge in [0.05, 0.1) is 17.7 Å². The summed E-state index contributed by atoms with van der Waals surface area (Å²) in [5.74, 6) is 0.223. The summed E-state index contributed by atoms with van der Waals surface area (Å²) in [6.07, 6.45) is 4.83. The lowest BCUT2D eigenvalue weighted by Gasteiger charge is -1.98. The molecule has 9 nitrogen and oxygen atoms in total. The van der Waals surface area contributed by atoms with Crippen molar-refractivity contribution in [3.8, 4) is 0 Å². The summed E-state index contributed by atoms with van der Waals surface area (Å²) >= 11 is 0. The third kappa shape index (κ3) is 4.16. The van der Waals surface area contributed by atoms with E-state index in [1.54, 1.807) is 35.3 Å². The maximum absolute atomic E-state index is 12.0. The van der Waals surface area contributed by atoms with Crippen LogP contribution in [0.2, 0.25) is 0 Å². The highest BCUT2D eigenvalue weighted by molar-refractivity contribution is 5.92. The fraction of sp³-hybridized carbons (Fsp3) is 0.0625. The predicted molar refractivity (Wildman–Crippen MR) is 88.2 cm³/mol. The number of hydrazone groups is 1. The van der Waals surface area contributed by atoms with Crippen LogP contribution in [0.1, 0.15) is 21.9 Å². The van der Waals surface area contributed by atoms with Gasteiger partial charge in [0, 0.05) is 24.5 Å². The second kappa shape index (κ2) is 7.21. The van der Waals surface area contributed by atoms with E-state index in [2.05, 4.69) is 15.6 Å². The monoisotopic (exact) mass is 339 g/mol. The molecule has 0 radical (unpaired) electrons. The van der Waals surface area contributed by atoms with Crippen molar-refractivity contribution in [3.63, 3.8) is 0 Å².